The predicted molar refractivity (Wildman–Crippen MR) is 69.9 cm³/mol. The summed E-state index contributed by atoms with van der Waals surface area (Å²) in [7, 11) is 0. The van der Waals surface area contributed by atoms with E-state index < -0.39 is 0 Å². The Morgan fingerprint density at radius 3 is 2.65 bits per heavy atom. The lowest BCUT2D eigenvalue weighted by molar-refractivity contribution is -0.135. The highest BCUT2D eigenvalue weighted by atomic mass is 16.2. The fourth-order valence-electron chi connectivity index (χ4n) is 2.56. The third-order valence-corrected chi connectivity index (χ3v) is 3.76. The summed E-state index contributed by atoms with van der Waals surface area (Å²) in [6, 6.07) is 10.5. The van der Waals surface area contributed by atoms with Gasteiger partial charge in [-0.25, -0.2) is 0 Å². The van der Waals surface area contributed by atoms with E-state index >= 15 is 0 Å². The number of likely N-dealkylation sites (tertiary alicyclic amines) is 1. The Hall–Kier alpha value is -1.31. The highest BCUT2D eigenvalue weighted by Crippen LogP contribution is 2.23. The number of amides is 1. The second-order valence-corrected chi connectivity index (χ2v) is 5.01. The topological polar surface area (TPSA) is 20.3 Å². The molecular formula is C15H21NO. The van der Waals surface area contributed by atoms with Crippen molar-refractivity contribution in [3.05, 3.63) is 35.9 Å². The van der Waals surface area contributed by atoms with Gasteiger partial charge in [0.15, 0.2) is 0 Å². The first-order valence-corrected chi connectivity index (χ1v) is 6.55. The van der Waals surface area contributed by atoms with Crippen LogP contribution in [0, 0.1) is 0 Å². The van der Waals surface area contributed by atoms with Gasteiger partial charge in [0, 0.05) is 12.6 Å². The van der Waals surface area contributed by atoms with Crippen LogP contribution in [0.3, 0.4) is 0 Å². The standard InChI is InChI=1S/C15H21NO/c1-12-8-6-7-11-16(12)15(17)13(2)14-9-4-3-5-10-14/h3-5,9-10,12-13H,6-8,11H2,1-2H3/t12-,13-/m0/s1. The van der Waals surface area contributed by atoms with E-state index in [9.17, 15) is 4.79 Å². The van der Waals surface area contributed by atoms with Gasteiger partial charge in [-0.05, 0) is 38.7 Å². The van der Waals surface area contributed by atoms with Crippen LogP contribution in [-0.4, -0.2) is 23.4 Å². The van der Waals surface area contributed by atoms with Gasteiger partial charge in [0.1, 0.15) is 0 Å². The molecule has 1 heterocycles. The molecule has 1 aromatic rings. The zero-order chi connectivity index (χ0) is 12.3. The number of benzene rings is 1. The fraction of sp³-hybridized carbons (Fsp3) is 0.533. The summed E-state index contributed by atoms with van der Waals surface area (Å²) in [5.74, 6) is 0.264. The van der Waals surface area contributed by atoms with Gasteiger partial charge in [-0.3, -0.25) is 4.79 Å². The van der Waals surface area contributed by atoms with E-state index in [1.807, 2.05) is 37.3 Å². The predicted octanol–water partition coefficient (Wildman–Crippen LogP) is 3.19. The van der Waals surface area contributed by atoms with Crippen molar-refractivity contribution < 1.29 is 4.79 Å². The van der Waals surface area contributed by atoms with E-state index in [2.05, 4.69) is 11.8 Å². The van der Waals surface area contributed by atoms with Crippen LogP contribution in [0.1, 0.15) is 44.6 Å². The normalized spacial score (nSPS) is 22.2. The molecule has 1 saturated heterocycles. The summed E-state index contributed by atoms with van der Waals surface area (Å²) in [4.78, 5) is 14.5. The minimum Gasteiger partial charge on any atom is -0.339 e. The van der Waals surface area contributed by atoms with Crippen LogP contribution in [0.5, 0.6) is 0 Å². The molecule has 0 aromatic heterocycles. The minimum atomic E-state index is -0.0169. The monoisotopic (exact) mass is 231 g/mol. The van der Waals surface area contributed by atoms with Gasteiger partial charge in [-0.2, -0.15) is 0 Å². The van der Waals surface area contributed by atoms with E-state index in [4.69, 9.17) is 0 Å². The Morgan fingerprint density at radius 1 is 1.29 bits per heavy atom. The van der Waals surface area contributed by atoms with Crippen LogP contribution in [-0.2, 0) is 4.79 Å². The van der Waals surface area contributed by atoms with Crippen LogP contribution < -0.4 is 0 Å². The lowest BCUT2D eigenvalue weighted by Gasteiger charge is -2.35. The van der Waals surface area contributed by atoms with Crippen LogP contribution in [0.2, 0.25) is 0 Å². The molecule has 1 amide bonds. The van der Waals surface area contributed by atoms with Crippen LogP contribution in [0.15, 0.2) is 30.3 Å². The van der Waals surface area contributed by atoms with Gasteiger partial charge < -0.3 is 4.90 Å². The van der Waals surface area contributed by atoms with Crippen molar-refractivity contribution in [2.24, 2.45) is 0 Å². The molecule has 0 bridgehead atoms. The Morgan fingerprint density at radius 2 is 2.00 bits per heavy atom. The molecule has 2 nitrogen and oxygen atoms in total. The summed E-state index contributed by atoms with van der Waals surface area (Å²) >= 11 is 0. The van der Waals surface area contributed by atoms with Crippen molar-refractivity contribution in [1.29, 1.82) is 0 Å². The molecule has 0 saturated carbocycles. The highest BCUT2D eigenvalue weighted by molar-refractivity contribution is 5.83. The van der Waals surface area contributed by atoms with Gasteiger partial charge in [0.05, 0.1) is 5.92 Å². The van der Waals surface area contributed by atoms with Crippen molar-refractivity contribution in [3.8, 4) is 0 Å². The second kappa shape index (κ2) is 5.35. The summed E-state index contributed by atoms with van der Waals surface area (Å²) in [5, 5.41) is 0. The Balaban J connectivity index is 2.09. The van der Waals surface area contributed by atoms with Crippen LogP contribution >= 0.6 is 0 Å². The number of piperidine rings is 1. The van der Waals surface area contributed by atoms with Crippen molar-refractivity contribution in [2.45, 2.75) is 45.1 Å². The van der Waals surface area contributed by atoms with E-state index in [-0.39, 0.29) is 11.8 Å². The highest BCUT2D eigenvalue weighted by Gasteiger charge is 2.27. The summed E-state index contributed by atoms with van der Waals surface area (Å²) < 4.78 is 0. The maximum absolute atomic E-state index is 12.4. The average Bonchev–Trinajstić information content (AvgIpc) is 2.39. The molecule has 17 heavy (non-hydrogen) atoms. The maximum atomic E-state index is 12.4. The molecule has 1 fully saturated rings. The molecule has 1 aliphatic heterocycles. The number of rotatable bonds is 2. The third-order valence-electron chi connectivity index (χ3n) is 3.76. The van der Waals surface area contributed by atoms with Gasteiger partial charge >= 0.3 is 0 Å². The molecule has 0 N–H and O–H groups in total. The number of nitrogens with zero attached hydrogens (tertiary/aromatic N) is 1. The first-order valence-electron chi connectivity index (χ1n) is 6.55. The van der Waals surface area contributed by atoms with E-state index in [0.717, 1.165) is 24.9 Å². The molecule has 0 aliphatic carbocycles. The van der Waals surface area contributed by atoms with Gasteiger partial charge in [0.2, 0.25) is 5.91 Å². The Kier molecular flexibility index (Phi) is 3.82. The second-order valence-electron chi connectivity index (χ2n) is 5.01. The van der Waals surface area contributed by atoms with Gasteiger partial charge in [-0.1, -0.05) is 30.3 Å². The minimum absolute atomic E-state index is 0.0169. The lowest BCUT2D eigenvalue weighted by atomic mass is 9.96. The molecule has 0 radical (unpaired) electrons. The van der Waals surface area contributed by atoms with Crippen molar-refractivity contribution in [3.63, 3.8) is 0 Å². The van der Waals surface area contributed by atoms with E-state index in [0.29, 0.717) is 6.04 Å². The zero-order valence-electron chi connectivity index (χ0n) is 10.7. The molecule has 2 atom stereocenters. The fourth-order valence-corrected chi connectivity index (χ4v) is 2.56. The smallest absolute Gasteiger partial charge is 0.230 e. The molecular weight excluding hydrogens is 210 g/mol. The molecule has 1 aromatic carbocycles. The molecule has 1 aliphatic rings. The number of hydrogen-bond acceptors (Lipinski definition) is 1. The Labute approximate surface area is 104 Å². The quantitative estimate of drug-likeness (QED) is 0.765. The number of carbonyl (C=O) groups excluding carboxylic acids is 1. The average molecular weight is 231 g/mol. The third kappa shape index (κ3) is 2.68. The Bertz CT molecular complexity index is 374. The zero-order valence-corrected chi connectivity index (χ0v) is 10.7. The van der Waals surface area contributed by atoms with Crippen molar-refractivity contribution in [1.82, 2.24) is 4.90 Å². The van der Waals surface area contributed by atoms with Gasteiger partial charge in [0.25, 0.3) is 0 Å². The SMILES string of the molecule is C[C@H](C(=O)N1CCCC[C@@H]1C)c1ccccc1. The van der Waals surface area contributed by atoms with E-state index in [1.165, 1.54) is 6.42 Å². The molecule has 2 rings (SSSR count). The summed E-state index contributed by atoms with van der Waals surface area (Å²) in [5.41, 5.74) is 1.12. The number of hydrogen-bond donors (Lipinski definition) is 0. The molecule has 92 valence electrons. The van der Waals surface area contributed by atoms with E-state index in [1.54, 1.807) is 0 Å². The first kappa shape index (κ1) is 12.2. The number of carbonyl (C=O) groups is 1. The van der Waals surface area contributed by atoms with Crippen molar-refractivity contribution >= 4 is 5.91 Å². The molecule has 0 spiro atoms. The largest absolute Gasteiger partial charge is 0.339 e. The molecule has 2 heteroatoms. The van der Waals surface area contributed by atoms with Gasteiger partial charge in [-0.15, -0.1) is 0 Å². The van der Waals surface area contributed by atoms with Crippen LogP contribution in [0.25, 0.3) is 0 Å². The maximum Gasteiger partial charge on any atom is 0.230 e. The lowest BCUT2D eigenvalue weighted by Crippen LogP contribution is -2.43. The molecule has 0 unspecified atom stereocenters. The van der Waals surface area contributed by atoms with Crippen LogP contribution in [0.4, 0.5) is 0 Å². The summed E-state index contributed by atoms with van der Waals surface area (Å²) in [6.45, 7) is 5.10. The van der Waals surface area contributed by atoms with Crippen molar-refractivity contribution in [2.75, 3.05) is 6.54 Å². The first-order chi connectivity index (χ1) is 8.20. The summed E-state index contributed by atoms with van der Waals surface area (Å²) in [6.07, 6.45) is 3.55.